The van der Waals surface area contributed by atoms with Crippen LogP contribution in [0.4, 0.5) is 11.4 Å². The van der Waals surface area contributed by atoms with E-state index in [4.69, 9.17) is 40.5 Å². The predicted octanol–water partition coefficient (Wildman–Crippen LogP) is 6.24. The molecule has 2 aromatic carbocycles. The highest BCUT2D eigenvalue weighted by Gasteiger charge is 2.09. The predicted molar refractivity (Wildman–Crippen MR) is 103 cm³/mol. The summed E-state index contributed by atoms with van der Waals surface area (Å²) in [6.07, 6.45) is 3.18. The van der Waals surface area contributed by atoms with Gasteiger partial charge < -0.3 is 5.73 Å². The summed E-state index contributed by atoms with van der Waals surface area (Å²) in [6, 6.07) is 13.8. The van der Waals surface area contributed by atoms with Crippen LogP contribution >= 0.6 is 34.8 Å². The van der Waals surface area contributed by atoms with Gasteiger partial charge in [0, 0.05) is 16.8 Å². The maximum atomic E-state index is 10.5. The Hall–Kier alpha value is -2.01. The van der Waals surface area contributed by atoms with E-state index in [1.807, 2.05) is 18.2 Å². The smallest absolute Gasteiger partial charge is 0.276 e. The highest BCUT2D eigenvalue weighted by atomic mass is 35.5. The summed E-state index contributed by atoms with van der Waals surface area (Å²) >= 11 is 16.5. The highest BCUT2D eigenvalue weighted by molar-refractivity contribution is 6.57. The molecule has 0 aromatic heterocycles. The van der Waals surface area contributed by atoms with Crippen LogP contribution in [-0.2, 0) is 0 Å². The Balaban J connectivity index is 0.000000243. The molecule has 0 saturated carbocycles. The van der Waals surface area contributed by atoms with Gasteiger partial charge in [-0.1, -0.05) is 65.1 Å². The minimum Gasteiger partial charge on any atom is -0.398 e. The molecule has 0 fully saturated rings. The number of hydrogen-bond acceptors (Lipinski definition) is 3. The third-order valence-electron chi connectivity index (χ3n) is 2.75. The van der Waals surface area contributed by atoms with Crippen LogP contribution < -0.4 is 5.73 Å². The average molecular weight is 386 g/mol. The third kappa shape index (κ3) is 7.04. The first-order chi connectivity index (χ1) is 11.3. The molecule has 0 aliphatic heterocycles. The second-order valence-electron chi connectivity index (χ2n) is 4.61. The van der Waals surface area contributed by atoms with Crippen molar-refractivity contribution in [1.82, 2.24) is 0 Å². The number of nitrogen functional groups attached to an aromatic ring is 1. The van der Waals surface area contributed by atoms with Gasteiger partial charge in [-0.2, -0.15) is 0 Å². The normalized spacial score (nSPS) is 10.4. The summed E-state index contributed by atoms with van der Waals surface area (Å²) in [5.41, 5.74) is 7.72. The monoisotopic (exact) mass is 384 g/mol. The fourth-order valence-electron chi connectivity index (χ4n) is 1.75. The number of nitro groups is 1. The third-order valence-corrected chi connectivity index (χ3v) is 3.08. The van der Waals surface area contributed by atoms with Gasteiger partial charge in [-0.3, -0.25) is 10.1 Å². The average Bonchev–Trinajstić information content (AvgIpc) is 2.49. The number of nitrogens with zero attached hydrogens (tertiary/aromatic N) is 1. The lowest BCUT2D eigenvalue weighted by Gasteiger charge is -1.97. The SMILES string of the molecule is C/C(Cl)=C\c1ccccc1[N+](=O)[O-].Nc1ccccc1C=C(Cl)Cl. The Labute approximate surface area is 155 Å². The number of anilines is 1. The van der Waals surface area contributed by atoms with Crippen LogP contribution in [-0.4, -0.2) is 4.92 Å². The highest BCUT2D eigenvalue weighted by Crippen LogP contribution is 2.21. The molecule has 2 rings (SSSR count). The van der Waals surface area contributed by atoms with Gasteiger partial charge in [0.25, 0.3) is 5.69 Å². The van der Waals surface area contributed by atoms with Gasteiger partial charge >= 0.3 is 0 Å². The lowest BCUT2D eigenvalue weighted by molar-refractivity contribution is -0.385. The molecular weight excluding hydrogens is 371 g/mol. The van der Waals surface area contributed by atoms with Crippen LogP contribution in [0.5, 0.6) is 0 Å². The summed E-state index contributed by atoms with van der Waals surface area (Å²) in [5, 5.41) is 11.1. The topological polar surface area (TPSA) is 69.2 Å². The van der Waals surface area contributed by atoms with Crippen LogP contribution in [0.2, 0.25) is 0 Å². The molecule has 0 spiro atoms. The van der Waals surface area contributed by atoms with E-state index in [0.29, 0.717) is 16.3 Å². The van der Waals surface area contributed by atoms with E-state index < -0.39 is 4.92 Å². The van der Waals surface area contributed by atoms with Gasteiger partial charge in [0.1, 0.15) is 4.49 Å². The zero-order chi connectivity index (χ0) is 18.1. The first-order valence-electron chi connectivity index (χ1n) is 6.75. The molecule has 0 heterocycles. The Kier molecular flexibility index (Phi) is 8.33. The van der Waals surface area contributed by atoms with Gasteiger partial charge in [0.2, 0.25) is 0 Å². The van der Waals surface area contributed by atoms with E-state index in [-0.39, 0.29) is 10.2 Å². The Morgan fingerprint density at radius 1 is 1.00 bits per heavy atom. The molecule has 4 nitrogen and oxygen atoms in total. The van der Waals surface area contributed by atoms with Gasteiger partial charge in [-0.05, 0) is 36.8 Å². The molecular formula is C17H15Cl3N2O2. The van der Waals surface area contributed by atoms with E-state index >= 15 is 0 Å². The second-order valence-corrected chi connectivity index (χ2v) is 6.21. The molecule has 2 aromatic rings. The minimum atomic E-state index is -0.425. The molecule has 0 aliphatic rings. The molecule has 7 heteroatoms. The van der Waals surface area contributed by atoms with E-state index in [9.17, 15) is 10.1 Å². The zero-order valence-corrected chi connectivity index (χ0v) is 15.0. The molecule has 0 amide bonds. The lowest BCUT2D eigenvalue weighted by Crippen LogP contribution is -1.90. The van der Waals surface area contributed by atoms with Crippen molar-refractivity contribution in [3.63, 3.8) is 0 Å². The fraction of sp³-hybridized carbons (Fsp3) is 0.0588. The van der Waals surface area contributed by atoms with Crippen molar-refractivity contribution in [3.8, 4) is 0 Å². The summed E-state index contributed by atoms with van der Waals surface area (Å²) in [6.45, 7) is 1.68. The maximum Gasteiger partial charge on any atom is 0.276 e. The largest absolute Gasteiger partial charge is 0.398 e. The second kappa shape index (κ2) is 9.98. The molecule has 0 bridgehead atoms. The van der Waals surface area contributed by atoms with Crippen LogP contribution in [0.15, 0.2) is 58.1 Å². The number of para-hydroxylation sites is 2. The molecule has 126 valence electrons. The van der Waals surface area contributed by atoms with E-state index in [1.165, 1.54) is 6.07 Å². The first-order valence-corrected chi connectivity index (χ1v) is 7.89. The van der Waals surface area contributed by atoms with Gasteiger partial charge in [0.15, 0.2) is 0 Å². The van der Waals surface area contributed by atoms with Crippen molar-refractivity contribution in [2.75, 3.05) is 5.73 Å². The van der Waals surface area contributed by atoms with Gasteiger partial charge in [-0.15, -0.1) is 0 Å². The zero-order valence-electron chi connectivity index (χ0n) is 12.7. The van der Waals surface area contributed by atoms with Crippen molar-refractivity contribution in [1.29, 1.82) is 0 Å². The fourth-order valence-corrected chi connectivity index (χ4v) is 2.10. The summed E-state index contributed by atoms with van der Waals surface area (Å²) in [4.78, 5) is 10.1. The number of benzene rings is 2. The summed E-state index contributed by atoms with van der Waals surface area (Å²) < 4.78 is 0.211. The summed E-state index contributed by atoms with van der Waals surface area (Å²) in [5.74, 6) is 0. The first kappa shape index (κ1) is 20.0. The van der Waals surface area contributed by atoms with Crippen molar-refractivity contribution < 1.29 is 4.92 Å². The van der Waals surface area contributed by atoms with Crippen LogP contribution in [0.1, 0.15) is 18.1 Å². The van der Waals surface area contributed by atoms with Crippen LogP contribution in [0.3, 0.4) is 0 Å². The molecule has 0 saturated heterocycles. The molecule has 0 radical (unpaired) electrons. The van der Waals surface area contributed by atoms with Crippen molar-refractivity contribution >= 4 is 58.3 Å². The number of nitrogens with two attached hydrogens (primary N) is 1. The Morgan fingerprint density at radius 2 is 1.54 bits per heavy atom. The molecule has 0 unspecified atom stereocenters. The number of allylic oxidation sites excluding steroid dienone is 1. The van der Waals surface area contributed by atoms with Crippen LogP contribution in [0, 0.1) is 10.1 Å². The number of halogens is 3. The van der Waals surface area contributed by atoms with Gasteiger partial charge in [-0.25, -0.2) is 0 Å². The summed E-state index contributed by atoms with van der Waals surface area (Å²) in [7, 11) is 0. The van der Waals surface area contributed by atoms with Crippen molar-refractivity contribution in [3.05, 3.63) is 79.3 Å². The van der Waals surface area contributed by atoms with Crippen molar-refractivity contribution in [2.45, 2.75) is 6.92 Å². The van der Waals surface area contributed by atoms with E-state index in [2.05, 4.69) is 0 Å². The number of hydrogen-bond donors (Lipinski definition) is 1. The van der Waals surface area contributed by atoms with E-state index in [0.717, 1.165) is 5.56 Å². The van der Waals surface area contributed by atoms with Crippen molar-refractivity contribution in [2.24, 2.45) is 0 Å². The molecule has 0 aliphatic carbocycles. The number of rotatable bonds is 3. The minimum absolute atomic E-state index is 0.0718. The van der Waals surface area contributed by atoms with E-state index in [1.54, 1.807) is 43.3 Å². The van der Waals surface area contributed by atoms with Crippen LogP contribution in [0.25, 0.3) is 12.2 Å². The Morgan fingerprint density at radius 3 is 2.04 bits per heavy atom. The molecule has 0 atom stereocenters. The molecule has 2 N–H and O–H groups in total. The Bertz CT molecular complexity index is 766. The van der Waals surface area contributed by atoms with Gasteiger partial charge in [0.05, 0.1) is 10.5 Å². The maximum absolute atomic E-state index is 10.5. The number of nitro benzene ring substituents is 1. The standard InChI is InChI=1S/C9H8ClNO2.C8H7Cl2N/c1-7(10)6-8-4-2-3-5-9(8)11(12)13;9-8(10)5-6-3-1-2-4-7(6)11/h2-6H,1H3;1-5H,11H2/b7-6+;. The lowest BCUT2D eigenvalue weighted by atomic mass is 10.2. The quantitative estimate of drug-likeness (QED) is 0.386. The molecule has 24 heavy (non-hydrogen) atoms.